The highest BCUT2D eigenvalue weighted by atomic mass is 32.1. The number of hydrogen-bond donors (Lipinski definition) is 1. The van der Waals surface area contributed by atoms with Gasteiger partial charge >= 0.3 is 0 Å². The summed E-state index contributed by atoms with van der Waals surface area (Å²) < 4.78 is 5.44. The van der Waals surface area contributed by atoms with Gasteiger partial charge < -0.3 is 15.0 Å². The highest BCUT2D eigenvalue weighted by Gasteiger charge is 2.34. The number of likely N-dealkylation sites (tertiary alicyclic amines) is 1. The third-order valence-corrected chi connectivity index (χ3v) is 6.22. The molecular weight excluding hydrogens is 410 g/mol. The van der Waals surface area contributed by atoms with Crippen molar-refractivity contribution in [3.05, 3.63) is 65.0 Å². The van der Waals surface area contributed by atoms with Crippen molar-refractivity contribution in [2.45, 2.75) is 19.8 Å². The van der Waals surface area contributed by atoms with E-state index in [4.69, 9.17) is 4.74 Å². The SMILES string of the molecule is COc1ccc(C)cc1-c1csc(NC(=O)C2CC(=O)N(CCc3ccccc3)C2)n1. The summed E-state index contributed by atoms with van der Waals surface area (Å²) in [5.74, 6) is 0.251. The maximum absolute atomic E-state index is 12.8. The maximum atomic E-state index is 12.8. The van der Waals surface area contributed by atoms with Crippen molar-refractivity contribution in [2.75, 3.05) is 25.5 Å². The van der Waals surface area contributed by atoms with Crippen molar-refractivity contribution in [2.24, 2.45) is 5.92 Å². The van der Waals surface area contributed by atoms with Crippen LogP contribution in [0.15, 0.2) is 53.9 Å². The van der Waals surface area contributed by atoms with Gasteiger partial charge in [-0.1, -0.05) is 42.0 Å². The molecule has 2 heterocycles. The number of aromatic nitrogens is 1. The number of anilines is 1. The number of thiazole rings is 1. The van der Waals surface area contributed by atoms with Gasteiger partial charge in [0.15, 0.2) is 5.13 Å². The summed E-state index contributed by atoms with van der Waals surface area (Å²) in [4.78, 5) is 31.5. The Balaban J connectivity index is 1.37. The Hall–Kier alpha value is -3.19. The summed E-state index contributed by atoms with van der Waals surface area (Å²) in [5.41, 5.74) is 3.94. The number of rotatable bonds is 7. The van der Waals surface area contributed by atoms with E-state index in [-0.39, 0.29) is 24.2 Å². The molecule has 1 fully saturated rings. The third-order valence-electron chi connectivity index (χ3n) is 5.46. The maximum Gasteiger partial charge on any atom is 0.231 e. The van der Waals surface area contributed by atoms with Gasteiger partial charge in [-0.2, -0.15) is 0 Å². The molecule has 2 amide bonds. The Morgan fingerprint density at radius 1 is 1.26 bits per heavy atom. The predicted molar refractivity (Wildman–Crippen MR) is 122 cm³/mol. The molecule has 0 radical (unpaired) electrons. The van der Waals surface area contributed by atoms with Crippen LogP contribution in [-0.2, 0) is 16.0 Å². The van der Waals surface area contributed by atoms with Crippen LogP contribution in [0.2, 0.25) is 0 Å². The normalized spacial score (nSPS) is 15.9. The lowest BCUT2D eigenvalue weighted by Crippen LogP contribution is -2.30. The Labute approximate surface area is 185 Å². The molecule has 1 aromatic heterocycles. The van der Waals surface area contributed by atoms with Crippen LogP contribution in [0.1, 0.15) is 17.5 Å². The van der Waals surface area contributed by atoms with E-state index >= 15 is 0 Å². The van der Waals surface area contributed by atoms with E-state index in [0.717, 1.165) is 29.0 Å². The summed E-state index contributed by atoms with van der Waals surface area (Å²) in [5, 5.41) is 5.32. The molecule has 1 aliphatic rings. The zero-order chi connectivity index (χ0) is 21.8. The largest absolute Gasteiger partial charge is 0.496 e. The molecule has 2 aromatic carbocycles. The second-order valence-corrected chi connectivity index (χ2v) is 8.57. The quantitative estimate of drug-likeness (QED) is 0.605. The van der Waals surface area contributed by atoms with E-state index in [1.54, 1.807) is 12.0 Å². The van der Waals surface area contributed by atoms with Crippen molar-refractivity contribution in [1.82, 2.24) is 9.88 Å². The van der Waals surface area contributed by atoms with Crippen LogP contribution in [0.5, 0.6) is 5.75 Å². The number of nitrogens with zero attached hydrogens (tertiary/aromatic N) is 2. The fourth-order valence-corrected chi connectivity index (χ4v) is 4.47. The van der Waals surface area contributed by atoms with E-state index in [9.17, 15) is 9.59 Å². The number of aryl methyl sites for hydroxylation is 1. The molecule has 4 rings (SSSR count). The van der Waals surface area contributed by atoms with Crippen molar-refractivity contribution < 1.29 is 14.3 Å². The average molecular weight is 436 g/mol. The van der Waals surface area contributed by atoms with Crippen molar-refractivity contribution in [3.63, 3.8) is 0 Å². The molecule has 1 unspecified atom stereocenters. The standard InChI is InChI=1S/C24H25N3O3S/c1-16-8-9-21(30-2)19(12-16)20-15-31-24(25-20)26-23(29)18-13-22(28)27(14-18)11-10-17-6-4-3-5-7-17/h3-9,12,15,18H,10-11,13-14H2,1-2H3,(H,25,26,29). The topological polar surface area (TPSA) is 71.5 Å². The molecule has 7 heteroatoms. The Kier molecular flexibility index (Phi) is 6.32. The minimum Gasteiger partial charge on any atom is -0.496 e. The molecule has 1 saturated heterocycles. The van der Waals surface area contributed by atoms with Crippen LogP contribution < -0.4 is 10.1 Å². The van der Waals surface area contributed by atoms with Crippen molar-refractivity contribution >= 4 is 28.3 Å². The monoisotopic (exact) mass is 435 g/mol. The van der Waals surface area contributed by atoms with Crippen molar-refractivity contribution in [3.8, 4) is 17.0 Å². The van der Waals surface area contributed by atoms with E-state index in [1.807, 2.05) is 60.8 Å². The average Bonchev–Trinajstić information content (AvgIpc) is 3.39. The van der Waals surface area contributed by atoms with Crippen LogP contribution in [0.3, 0.4) is 0 Å². The minimum absolute atomic E-state index is 0.0282. The van der Waals surface area contributed by atoms with Crippen molar-refractivity contribution in [1.29, 1.82) is 0 Å². The van der Waals surface area contributed by atoms with E-state index in [0.29, 0.717) is 18.2 Å². The first-order chi connectivity index (χ1) is 15.0. The summed E-state index contributed by atoms with van der Waals surface area (Å²) in [6.45, 7) is 3.08. The molecule has 0 spiro atoms. The van der Waals surface area contributed by atoms with Crippen LogP contribution >= 0.6 is 11.3 Å². The summed E-state index contributed by atoms with van der Waals surface area (Å²) >= 11 is 1.37. The molecule has 0 bridgehead atoms. The van der Waals surface area contributed by atoms with Gasteiger partial charge in [-0.25, -0.2) is 4.98 Å². The number of nitrogens with one attached hydrogen (secondary N) is 1. The van der Waals surface area contributed by atoms with Crippen LogP contribution in [-0.4, -0.2) is 41.9 Å². The molecular formula is C24H25N3O3S. The first kappa shape index (κ1) is 21.1. The zero-order valence-electron chi connectivity index (χ0n) is 17.6. The lowest BCUT2D eigenvalue weighted by atomic mass is 10.1. The van der Waals surface area contributed by atoms with Gasteiger partial charge in [-0.15, -0.1) is 11.3 Å². The van der Waals surface area contributed by atoms with Gasteiger partial charge in [0.1, 0.15) is 5.75 Å². The number of carbonyl (C=O) groups excluding carboxylic acids is 2. The van der Waals surface area contributed by atoms with E-state index in [1.165, 1.54) is 16.9 Å². The lowest BCUT2D eigenvalue weighted by Gasteiger charge is -2.16. The van der Waals surface area contributed by atoms with Gasteiger partial charge in [0.25, 0.3) is 0 Å². The molecule has 0 saturated carbocycles. The zero-order valence-corrected chi connectivity index (χ0v) is 18.4. The summed E-state index contributed by atoms with van der Waals surface area (Å²) in [6.07, 6.45) is 1.03. The predicted octanol–water partition coefficient (Wildman–Crippen LogP) is 4.16. The third kappa shape index (κ3) is 4.94. The number of hydrogen-bond acceptors (Lipinski definition) is 5. The second kappa shape index (κ2) is 9.31. The molecule has 1 N–H and O–H groups in total. The highest BCUT2D eigenvalue weighted by molar-refractivity contribution is 7.14. The first-order valence-corrected chi connectivity index (χ1v) is 11.1. The first-order valence-electron chi connectivity index (χ1n) is 10.3. The number of methoxy groups -OCH3 is 1. The molecule has 160 valence electrons. The Morgan fingerprint density at radius 2 is 2.06 bits per heavy atom. The second-order valence-electron chi connectivity index (χ2n) is 7.71. The Morgan fingerprint density at radius 3 is 2.84 bits per heavy atom. The molecule has 31 heavy (non-hydrogen) atoms. The summed E-state index contributed by atoms with van der Waals surface area (Å²) in [6, 6.07) is 16.0. The molecule has 1 atom stereocenters. The number of benzene rings is 2. The number of carbonyl (C=O) groups is 2. The van der Waals surface area contributed by atoms with Crippen LogP contribution in [0.4, 0.5) is 5.13 Å². The van der Waals surface area contributed by atoms with Gasteiger partial charge in [0, 0.05) is 30.5 Å². The lowest BCUT2D eigenvalue weighted by molar-refractivity contribution is -0.128. The fourth-order valence-electron chi connectivity index (χ4n) is 3.76. The van der Waals surface area contributed by atoms with E-state index < -0.39 is 0 Å². The van der Waals surface area contributed by atoms with Crippen LogP contribution in [0, 0.1) is 12.8 Å². The molecule has 1 aliphatic heterocycles. The summed E-state index contributed by atoms with van der Waals surface area (Å²) in [7, 11) is 1.63. The van der Waals surface area contributed by atoms with Gasteiger partial charge in [-0.05, 0) is 31.0 Å². The van der Waals surface area contributed by atoms with Gasteiger partial charge in [-0.3, -0.25) is 9.59 Å². The molecule has 0 aliphatic carbocycles. The molecule has 3 aromatic rings. The van der Waals surface area contributed by atoms with Crippen LogP contribution in [0.25, 0.3) is 11.3 Å². The van der Waals surface area contributed by atoms with Gasteiger partial charge in [0.05, 0.1) is 18.7 Å². The highest BCUT2D eigenvalue weighted by Crippen LogP contribution is 2.33. The molecule has 6 nitrogen and oxygen atoms in total. The van der Waals surface area contributed by atoms with Gasteiger partial charge in [0.2, 0.25) is 11.8 Å². The number of ether oxygens (including phenoxy) is 1. The number of amides is 2. The fraction of sp³-hybridized carbons (Fsp3) is 0.292. The smallest absolute Gasteiger partial charge is 0.231 e. The Bertz CT molecular complexity index is 1080. The minimum atomic E-state index is -0.357. The van der Waals surface area contributed by atoms with E-state index in [2.05, 4.69) is 10.3 Å².